The Kier molecular flexibility index (Phi) is 6.77. The van der Waals surface area contributed by atoms with E-state index >= 15 is 0 Å². The van der Waals surface area contributed by atoms with Crippen LogP contribution < -0.4 is 4.74 Å². The van der Waals surface area contributed by atoms with Gasteiger partial charge in [0, 0.05) is 29.7 Å². The molecule has 1 saturated carbocycles. The van der Waals surface area contributed by atoms with Crippen molar-refractivity contribution in [2.24, 2.45) is 11.8 Å². The lowest BCUT2D eigenvalue weighted by Crippen LogP contribution is -2.39. The molecular weight excluding hydrogens is 460 g/mol. The van der Waals surface area contributed by atoms with Crippen molar-refractivity contribution in [1.82, 2.24) is 0 Å². The van der Waals surface area contributed by atoms with Crippen molar-refractivity contribution in [3.63, 3.8) is 0 Å². The van der Waals surface area contributed by atoms with Crippen LogP contribution in [0.5, 0.6) is 5.75 Å². The van der Waals surface area contributed by atoms with Crippen LogP contribution in [0.3, 0.4) is 0 Å². The van der Waals surface area contributed by atoms with Crippen molar-refractivity contribution in [1.29, 1.82) is 0 Å². The van der Waals surface area contributed by atoms with Crippen LogP contribution in [0.25, 0.3) is 0 Å². The minimum absolute atomic E-state index is 0.0108. The fraction of sp³-hybridized carbons (Fsp3) is 0.462. The normalized spacial score (nSPS) is 27.3. The number of hydrogen-bond acceptors (Lipinski definition) is 7. The summed E-state index contributed by atoms with van der Waals surface area (Å²) in [5.41, 5.74) is 0.505. The number of benzene rings is 2. The highest BCUT2D eigenvalue weighted by Gasteiger charge is 2.52. The molecule has 0 N–H and O–H groups in total. The van der Waals surface area contributed by atoms with Crippen LogP contribution >= 0.6 is 11.6 Å². The van der Waals surface area contributed by atoms with Gasteiger partial charge in [-0.05, 0) is 42.8 Å². The standard InChI is InChI=1S/C26H27ClO7/c27-18-6-8-19(9-7-18)30-16-26(31-12-13-32-26)11-10-20-21-14-24(28)33-23(21)15-22(20)34-25(29)17-4-2-1-3-5-17/h1-9,20-23H,10-16H2/t20-,21-,22-,23+/m1/s1. The molecule has 0 spiro atoms. The molecule has 1 aliphatic carbocycles. The molecule has 0 radical (unpaired) electrons. The number of fused-ring (bicyclic) bond motifs is 1. The zero-order chi connectivity index (χ0) is 23.5. The molecule has 2 saturated heterocycles. The lowest BCUT2D eigenvalue weighted by atomic mass is 9.86. The lowest BCUT2D eigenvalue weighted by Gasteiger charge is -2.30. The predicted molar refractivity (Wildman–Crippen MR) is 123 cm³/mol. The Balaban J connectivity index is 1.26. The maximum absolute atomic E-state index is 12.7. The maximum Gasteiger partial charge on any atom is 0.338 e. The monoisotopic (exact) mass is 486 g/mol. The first-order chi connectivity index (χ1) is 16.5. The molecule has 34 heavy (non-hydrogen) atoms. The molecule has 3 fully saturated rings. The highest BCUT2D eigenvalue weighted by molar-refractivity contribution is 6.30. The van der Waals surface area contributed by atoms with E-state index in [1.54, 1.807) is 48.5 Å². The van der Waals surface area contributed by atoms with E-state index in [9.17, 15) is 9.59 Å². The molecular formula is C26H27ClO7. The highest BCUT2D eigenvalue weighted by atomic mass is 35.5. The van der Waals surface area contributed by atoms with Crippen molar-refractivity contribution >= 4 is 23.5 Å². The van der Waals surface area contributed by atoms with E-state index in [0.717, 1.165) is 0 Å². The molecule has 0 amide bonds. The van der Waals surface area contributed by atoms with E-state index in [4.69, 9.17) is 35.3 Å². The van der Waals surface area contributed by atoms with E-state index in [1.165, 1.54) is 0 Å². The fourth-order valence-corrected chi connectivity index (χ4v) is 5.31. The Bertz CT molecular complexity index is 1000. The summed E-state index contributed by atoms with van der Waals surface area (Å²) < 4.78 is 29.3. The smallest absolute Gasteiger partial charge is 0.338 e. The summed E-state index contributed by atoms with van der Waals surface area (Å²) in [6.07, 6.45) is 1.47. The van der Waals surface area contributed by atoms with Gasteiger partial charge < -0.3 is 23.7 Å². The molecule has 0 aromatic heterocycles. The number of ether oxygens (including phenoxy) is 5. The van der Waals surface area contributed by atoms with E-state index in [2.05, 4.69) is 0 Å². The van der Waals surface area contributed by atoms with E-state index < -0.39 is 5.79 Å². The summed E-state index contributed by atoms with van der Waals surface area (Å²) in [4.78, 5) is 24.7. The summed E-state index contributed by atoms with van der Waals surface area (Å²) in [6, 6.07) is 16.1. The van der Waals surface area contributed by atoms with Crippen LogP contribution in [0.15, 0.2) is 54.6 Å². The molecule has 7 nitrogen and oxygen atoms in total. The first kappa shape index (κ1) is 23.1. The quantitative estimate of drug-likeness (QED) is 0.511. The van der Waals surface area contributed by atoms with Crippen molar-refractivity contribution in [2.75, 3.05) is 19.8 Å². The van der Waals surface area contributed by atoms with Crippen LogP contribution in [0.2, 0.25) is 5.02 Å². The van der Waals surface area contributed by atoms with Gasteiger partial charge in [0.25, 0.3) is 0 Å². The van der Waals surface area contributed by atoms with E-state index in [1.807, 2.05) is 6.07 Å². The van der Waals surface area contributed by atoms with Crippen LogP contribution in [-0.4, -0.2) is 49.8 Å². The van der Waals surface area contributed by atoms with Crippen molar-refractivity contribution < 1.29 is 33.3 Å². The van der Waals surface area contributed by atoms with Crippen molar-refractivity contribution in [2.45, 2.75) is 43.7 Å². The molecule has 0 unspecified atom stereocenters. The minimum atomic E-state index is -0.894. The van der Waals surface area contributed by atoms with Crippen LogP contribution in [0.1, 0.15) is 36.0 Å². The summed E-state index contributed by atoms with van der Waals surface area (Å²) >= 11 is 5.96. The first-order valence-electron chi connectivity index (χ1n) is 11.6. The highest BCUT2D eigenvalue weighted by Crippen LogP contribution is 2.46. The Morgan fingerprint density at radius 3 is 2.53 bits per heavy atom. The first-order valence-corrected chi connectivity index (χ1v) is 12.0. The molecule has 4 atom stereocenters. The van der Waals surface area contributed by atoms with E-state index in [-0.39, 0.29) is 42.6 Å². The van der Waals surface area contributed by atoms with Crippen molar-refractivity contribution in [3.05, 3.63) is 65.2 Å². The zero-order valence-corrected chi connectivity index (χ0v) is 19.4. The van der Waals surface area contributed by atoms with Crippen molar-refractivity contribution in [3.8, 4) is 5.75 Å². The molecule has 2 aromatic carbocycles. The summed E-state index contributed by atoms with van der Waals surface area (Å²) in [7, 11) is 0. The van der Waals surface area contributed by atoms with Gasteiger partial charge in [-0.1, -0.05) is 29.8 Å². The van der Waals surface area contributed by atoms with Gasteiger partial charge in [0.05, 0.1) is 25.2 Å². The minimum Gasteiger partial charge on any atom is -0.488 e. The van der Waals surface area contributed by atoms with Gasteiger partial charge in [-0.15, -0.1) is 0 Å². The zero-order valence-electron chi connectivity index (χ0n) is 18.7. The molecule has 8 heteroatoms. The number of rotatable bonds is 8. The van der Waals surface area contributed by atoms with Gasteiger partial charge in [0.2, 0.25) is 5.79 Å². The molecule has 2 aliphatic heterocycles. The molecule has 180 valence electrons. The fourth-order valence-electron chi connectivity index (χ4n) is 5.18. The third-order valence-corrected chi connectivity index (χ3v) is 7.12. The van der Waals surface area contributed by atoms with Crippen LogP contribution in [0.4, 0.5) is 0 Å². The second-order valence-electron chi connectivity index (χ2n) is 8.99. The number of carbonyl (C=O) groups excluding carboxylic acids is 2. The maximum atomic E-state index is 12.7. The van der Waals surface area contributed by atoms with Crippen LogP contribution in [-0.2, 0) is 23.7 Å². The Morgan fingerprint density at radius 1 is 1.06 bits per heavy atom. The van der Waals surface area contributed by atoms with Crippen LogP contribution in [0, 0.1) is 11.8 Å². The third kappa shape index (κ3) is 5.06. The average Bonchev–Trinajstić information content (AvgIpc) is 3.53. The second kappa shape index (κ2) is 9.94. The van der Waals surface area contributed by atoms with Gasteiger partial charge >= 0.3 is 11.9 Å². The third-order valence-electron chi connectivity index (χ3n) is 6.87. The Labute approximate surface area is 203 Å². The van der Waals surface area contributed by atoms with E-state index in [0.29, 0.717) is 55.2 Å². The summed E-state index contributed by atoms with van der Waals surface area (Å²) in [5.74, 6) is -0.804. The summed E-state index contributed by atoms with van der Waals surface area (Å²) in [5, 5.41) is 0.635. The molecule has 0 bridgehead atoms. The van der Waals surface area contributed by atoms with Gasteiger partial charge in [0.1, 0.15) is 24.6 Å². The Morgan fingerprint density at radius 2 is 1.79 bits per heavy atom. The largest absolute Gasteiger partial charge is 0.488 e. The molecule has 2 heterocycles. The summed E-state index contributed by atoms with van der Waals surface area (Å²) in [6.45, 7) is 1.18. The van der Waals surface area contributed by atoms with Gasteiger partial charge in [-0.3, -0.25) is 4.79 Å². The SMILES string of the molecule is O=C1C[C@@H]2[C@@H](CCC3(COc4ccc(Cl)cc4)OCCO3)[C@H](OC(=O)c3ccccc3)C[C@@H]2O1. The topological polar surface area (TPSA) is 80.3 Å². The average molecular weight is 487 g/mol. The molecule has 5 rings (SSSR count). The second-order valence-corrected chi connectivity index (χ2v) is 9.43. The molecule has 3 aliphatic rings. The predicted octanol–water partition coefficient (Wildman–Crippen LogP) is 4.42. The van der Waals surface area contributed by atoms with Gasteiger partial charge in [-0.25, -0.2) is 4.79 Å². The number of hydrogen-bond donors (Lipinski definition) is 0. The lowest BCUT2D eigenvalue weighted by molar-refractivity contribution is -0.185. The van der Waals surface area contributed by atoms with Gasteiger partial charge in [0.15, 0.2) is 0 Å². The molecule has 2 aromatic rings. The number of halogens is 1. The Hall–Kier alpha value is -2.61. The number of carbonyl (C=O) groups is 2. The number of esters is 2. The van der Waals surface area contributed by atoms with Gasteiger partial charge in [-0.2, -0.15) is 0 Å².